The van der Waals surface area contributed by atoms with Gasteiger partial charge >= 0.3 is 10.2 Å². The van der Waals surface area contributed by atoms with Gasteiger partial charge in [-0.15, -0.1) is 11.3 Å². The fourth-order valence-electron chi connectivity index (χ4n) is 3.92. The van der Waals surface area contributed by atoms with Crippen molar-refractivity contribution >= 4 is 41.7 Å². The number of methoxy groups -OCH3 is 2. The van der Waals surface area contributed by atoms with Gasteiger partial charge in [0.25, 0.3) is 11.8 Å². The third kappa shape index (κ3) is 9.35. The number of thiazole rings is 1. The standard InChI is InChI=1S/C30H42N4O7S2Si/c1-21-25(39-5)17-23(18-26(21)40-6)29(36)34(16-12-15-22-13-10-9-11-14-22)19-27-31-24(20-42-27)28(35)32-43(37,38)33-41-44(7,8)30(2,3)4/h9-11,13-14,17-18,20,33H,12,15-16,19H2,1-8H3,(H,32,35). The first-order chi connectivity index (χ1) is 20.6. The molecule has 0 saturated carbocycles. The van der Waals surface area contributed by atoms with Gasteiger partial charge in [0.05, 0.1) is 20.8 Å². The molecule has 0 unspecified atom stereocenters. The number of rotatable bonds is 14. The van der Waals surface area contributed by atoms with Crippen molar-refractivity contribution in [3.63, 3.8) is 0 Å². The Hall–Kier alpha value is -3.30. The molecule has 0 bridgehead atoms. The molecule has 0 aliphatic carbocycles. The summed E-state index contributed by atoms with van der Waals surface area (Å²) in [5.41, 5.74) is 2.23. The molecule has 0 aliphatic heterocycles. The van der Waals surface area contributed by atoms with Crippen LogP contribution >= 0.6 is 11.3 Å². The smallest absolute Gasteiger partial charge is 0.322 e. The van der Waals surface area contributed by atoms with Gasteiger partial charge in [0.2, 0.25) is 8.32 Å². The van der Waals surface area contributed by atoms with E-state index in [0.717, 1.165) is 28.9 Å². The zero-order valence-electron chi connectivity index (χ0n) is 26.5. The van der Waals surface area contributed by atoms with E-state index in [0.29, 0.717) is 35.0 Å². The van der Waals surface area contributed by atoms with Crippen LogP contribution in [-0.2, 0) is 27.7 Å². The Kier molecular flexibility index (Phi) is 11.7. The Bertz CT molecular complexity index is 1530. The highest BCUT2D eigenvalue weighted by Gasteiger charge is 2.39. The van der Waals surface area contributed by atoms with Gasteiger partial charge in [-0.1, -0.05) is 56.0 Å². The molecule has 2 N–H and O–H groups in total. The maximum atomic E-state index is 13.8. The Morgan fingerprint density at radius 2 is 1.66 bits per heavy atom. The highest BCUT2D eigenvalue weighted by atomic mass is 32.2. The van der Waals surface area contributed by atoms with Crippen molar-refractivity contribution in [3.05, 3.63) is 75.2 Å². The van der Waals surface area contributed by atoms with Crippen molar-refractivity contribution in [3.8, 4) is 11.5 Å². The summed E-state index contributed by atoms with van der Waals surface area (Å²) in [5.74, 6) is -0.116. The second kappa shape index (κ2) is 14.7. The third-order valence-electron chi connectivity index (χ3n) is 7.57. The summed E-state index contributed by atoms with van der Waals surface area (Å²) in [6, 6.07) is 13.3. The summed E-state index contributed by atoms with van der Waals surface area (Å²) < 4.78 is 43.5. The van der Waals surface area contributed by atoms with Crippen molar-refractivity contribution in [2.24, 2.45) is 0 Å². The second-order valence-corrected chi connectivity index (χ2v) is 18.9. The van der Waals surface area contributed by atoms with E-state index in [1.165, 1.54) is 19.6 Å². The third-order valence-corrected chi connectivity index (χ3v) is 13.5. The van der Waals surface area contributed by atoms with E-state index < -0.39 is 24.4 Å². The van der Waals surface area contributed by atoms with Crippen LogP contribution in [0.3, 0.4) is 0 Å². The molecular formula is C30H42N4O7S2Si. The number of benzene rings is 2. The van der Waals surface area contributed by atoms with Gasteiger partial charge in [0.15, 0.2) is 0 Å². The number of hydrogen-bond donors (Lipinski definition) is 2. The molecular weight excluding hydrogens is 621 g/mol. The van der Waals surface area contributed by atoms with Crippen LogP contribution in [0.5, 0.6) is 11.5 Å². The minimum atomic E-state index is -4.30. The van der Waals surface area contributed by atoms with E-state index in [9.17, 15) is 18.0 Å². The second-order valence-electron chi connectivity index (χ2n) is 11.8. The number of aromatic nitrogens is 1. The lowest BCUT2D eigenvalue weighted by atomic mass is 10.1. The van der Waals surface area contributed by atoms with E-state index in [2.05, 4.69) is 4.98 Å². The molecule has 3 rings (SSSR count). The maximum Gasteiger partial charge on any atom is 0.322 e. The molecule has 11 nitrogen and oxygen atoms in total. The fourth-order valence-corrected chi connectivity index (χ4v) is 6.68. The minimum Gasteiger partial charge on any atom is -0.496 e. The summed E-state index contributed by atoms with van der Waals surface area (Å²) in [6.07, 6.45) is 1.45. The summed E-state index contributed by atoms with van der Waals surface area (Å²) in [6.45, 7) is 12.0. The first kappa shape index (κ1) is 35.2. The number of carbonyl (C=O) groups excluding carboxylic acids is 2. The fraction of sp³-hybridized carbons (Fsp3) is 0.433. The predicted octanol–water partition coefficient (Wildman–Crippen LogP) is 5.24. The molecule has 240 valence electrons. The summed E-state index contributed by atoms with van der Waals surface area (Å²) in [4.78, 5) is 34.6. The van der Waals surface area contributed by atoms with Crippen LogP contribution in [0.25, 0.3) is 0 Å². The van der Waals surface area contributed by atoms with E-state index in [-0.39, 0.29) is 23.2 Å². The number of carbonyl (C=O) groups is 2. The van der Waals surface area contributed by atoms with Gasteiger partial charge in [-0.25, -0.2) is 9.71 Å². The Labute approximate surface area is 265 Å². The molecule has 1 aromatic heterocycles. The molecule has 2 amide bonds. The van der Waals surface area contributed by atoms with Crippen LogP contribution in [0.1, 0.15) is 64.2 Å². The first-order valence-corrected chi connectivity index (χ1v) is 19.4. The average Bonchev–Trinajstić information content (AvgIpc) is 3.44. The molecule has 14 heteroatoms. The van der Waals surface area contributed by atoms with Crippen LogP contribution < -0.4 is 19.1 Å². The zero-order chi connectivity index (χ0) is 32.7. The largest absolute Gasteiger partial charge is 0.496 e. The van der Waals surface area contributed by atoms with Crippen LogP contribution in [0, 0.1) is 6.92 Å². The van der Waals surface area contributed by atoms with Gasteiger partial charge in [0.1, 0.15) is 22.2 Å². The van der Waals surface area contributed by atoms with Crippen LogP contribution in [-0.4, -0.2) is 59.2 Å². The van der Waals surface area contributed by atoms with Crippen molar-refractivity contribution in [2.75, 3.05) is 20.8 Å². The lowest BCUT2D eigenvalue weighted by molar-refractivity contribution is 0.0740. The molecule has 0 spiro atoms. The highest BCUT2D eigenvalue weighted by molar-refractivity contribution is 7.88. The lowest BCUT2D eigenvalue weighted by Crippen LogP contribution is -2.50. The topological polar surface area (TPSA) is 136 Å². The zero-order valence-corrected chi connectivity index (χ0v) is 29.1. The van der Waals surface area contributed by atoms with E-state index in [1.807, 2.05) is 80.7 Å². The highest BCUT2D eigenvalue weighted by Crippen LogP contribution is 2.36. The molecule has 0 saturated heterocycles. The van der Waals surface area contributed by atoms with Crippen LogP contribution in [0.15, 0.2) is 47.8 Å². The van der Waals surface area contributed by atoms with Crippen molar-refractivity contribution in [2.45, 2.75) is 65.2 Å². The number of hydrogen-bond acceptors (Lipinski definition) is 9. The molecule has 1 heterocycles. The number of nitrogens with zero attached hydrogens (tertiary/aromatic N) is 2. The predicted molar refractivity (Wildman–Crippen MR) is 174 cm³/mol. The summed E-state index contributed by atoms with van der Waals surface area (Å²) in [7, 11) is -3.69. The van der Waals surface area contributed by atoms with E-state index in [4.69, 9.17) is 14.0 Å². The Morgan fingerprint density at radius 1 is 1.05 bits per heavy atom. The Balaban J connectivity index is 1.77. The van der Waals surface area contributed by atoms with Crippen LogP contribution in [0.4, 0.5) is 0 Å². The van der Waals surface area contributed by atoms with E-state index >= 15 is 0 Å². The van der Waals surface area contributed by atoms with Gasteiger partial charge in [0, 0.05) is 23.1 Å². The molecule has 44 heavy (non-hydrogen) atoms. The molecule has 0 fully saturated rings. The summed E-state index contributed by atoms with van der Waals surface area (Å²) >= 11 is 1.16. The number of ether oxygens (including phenoxy) is 2. The van der Waals surface area contributed by atoms with Gasteiger partial charge in [-0.3, -0.25) is 9.59 Å². The van der Waals surface area contributed by atoms with Gasteiger partial charge in [-0.2, -0.15) is 8.42 Å². The Morgan fingerprint density at radius 3 is 2.23 bits per heavy atom. The summed E-state index contributed by atoms with van der Waals surface area (Å²) in [5, 5.41) is 1.68. The van der Waals surface area contributed by atoms with Crippen molar-refractivity contribution < 1.29 is 32.0 Å². The number of nitrogens with one attached hydrogen (secondary N) is 2. The van der Waals surface area contributed by atoms with Crippen LogP contribution in [0.2, 0.25) is 18.1 Å². The molecule has 3 aromatic rings. The average molecular weight is 663 g/mol. The normalized spacial score (nSPS) is 12.1. The molecule has 0 atom stereocenters. The monoisotopic (exact) mass is 662 g/mol. The number of amides is 2. The quantitative estimate of drug-likeness (QED) is 0.177. The first-order valence-electron chi connectivity index (χ1n) is 14.1. The van der Waals surface area contributed by atoms with Crippen molar-refractivity contribution in [1.82, 2.24) is 19.5 Å². The lowest BCUT2D eigenvalue weighted by Gasteiger charge is -2.34. The molecule has 2 aromatic carbocycles. The maximum absolute atomic E-state index is 13.8. The molecule has 0 aliphatic rings. The van der Waals surface area contributed by atoms with Crippen molar-refractivity contribution in [1.29, 1.82) is 0 Å². The SMILES string of the molecule is COc1cc(C(=O)N(CCCc2ccccc2)Cc2nc(C(=O)NS(=O)(=O)NO[Si](C)(C)C(C)(C)C)cs2)cc(OC)c1C. The van der Waals surface area contributed by atoms with Gasteiger partial charge in [-0.05, 0) is 55.6 Å². The molecule has 0 radical (unpaired) electrons. The van der Waals surface area contributed by atoms with Gasteiger partial charge < -0.3 is 18.9 Å². The minimum absolute atomic E-state index is 0.0851. The number of aryl methyl sites for hydroxylation is 1. The van der Waals surface area contributed by atoms with E-state index in [1.54, 1.807) is 17.0 Å².